The van der Waals surface area contributed by atoms with Crippen LogP contribution in [0.1, 0.15) is 19.8 Å². The van der Waals surface area contributed by atoms with Gasteiger partial charge in [0, 0.05) is 6.61 Å². The molecule has 0 radical (unpaired) electrons. The van der Waals surface area contributed by atoms with E-state index in [0.717, 1.165) is 31.0 Å². The van der Waals surface area contributed by atoms with Crippen LogP contribution in [0.4, 0.5) is 0 Å². The Morgan fingerprint density at radius 2 is 2.00 bits per heavy atom. The second-order valence-electron chi connectivity index (χ2n) is 4.82. The average Bonchev–Trinajstić information content (AvgIpc) is 2.73. The van der Waals surface area contributed by atoms with Crippen LogP contribution in [0.5, 0.6) is 0 Å². The van der Waals surface area contributed by atoms with Crippen LogP contribution in [0.3, 0.4) is 0 Å². The summed E-state index contributed by atoms with van der Waals surface area (Å²) in [5.74, 6) is 5.39. The first kappa shape index (κ1) is 9.86. The van der Waals surface area contributed by atoms with Gasteiger partial charge in [0.05, 0.1) is 10.7 Å². The summed E-state index contributed by atoms with van der Waals surface area (Å²) in [6.07, 6.45) is 2.82. The molecule has 3 rings (SSSR count). The number of rotatable bonds is 0. The van der Waals surface area contributed by atoms with E-state index in [9.17, 15) is 0 Å². The van der Waals surface area contributed by atoms with Crippen LogP contribution in [0.25, 0.3) is 0 Å². The van der Waals surface area contributed by atoms with Gasteiger partial charge < -0.3 is 4.74 Å². The van der Waals surface area contributed by atoms with Gasteiger partial charge in [-0.05, 0) is 42.1 Å². The molecule has 3 fully saturated rings. The Morgan fingerprint density at radius 1 is 1.21 bits per heavy atom. The zero-order valence-corrected chi connectivity index (χ0v) is 10.3. The molecule has 0 aromatic heterocycles. The van der Waals surface area contributed by atoms with Crippen molar-refractivity contribution in [2.45, 2.75) is 23.8 Å². The number of hydrogen-bond acceptors (Lipinski definition) is 3. The highest BCUT2D eigenvalue weighted by molar-refractivity contribution is 8.18. The van der Waals surface area contributed by atoms with Gasteiger partial charge in [0.15, 0.2) is 0 Å². The van der Waals surface area contributed by atoms with Gasteiger partial charge in [0.1, 0.15) is 0 Å². The molecule has 0 aromatic rings. The second-order valence-corrected chi connectivity index (χ2v) is 7.93. The van der Waals surface area contributed by atoms with E-state index in [-0.39, 0.29) is 0 Å². The zero-order valence-electron chi connectivity index (χ0n) is 8.70. The maximum Gasteiger partial charge on any atom is 0.0643 e. The summed E-state index contributed by atoms with van der Waals surface area (Å²) < 4.78 is 6.18. The Balaban J connectivity index is 1.81. The minimum atomic E-state index is 0.581. The minimum absolute atomic E-state index is 0.581. The highest BCUT2D eigenvalue weighted by Crippen LogP contribution is 2.61. The van der Waals surface area contributed by atoms with Gasteiger partial charge in [0.2, 0.25) is 0 Å². The summed E-state index contributed by atoms with van der Waals surface area (Å²) in [6, 6.07) is 0. The first-order chi connectivity index (χ1) is 6.82. The third-order valence-corrected chi connectivity index (χ3v) is 7.86. The van der Waals surface area contributed by atoms with E-state index in [1.807, 2.05) is 0 Å². The summed E-state index contributed by atoms with van der Waals surface area (Å²) in [5, 5.41) is 0. The molecule has 2 saturated heterocycles. The van der Waals surface area contributed by atoms with Crippen LogP contribution in [0.15, 0.2) is 0 Å². The molecule has 0 N–H and O–H groups in total. The fourth-order valence-electron chi connectivity index (χ4n) is 3.23. The largest absolute Gasteiger partial charge is 0.381 e. The van der Waals surface area contributed by atoms with E-state index < -0.39 is 0 Å². The third kappa shape index (κ3) is 1.35. The SMILES string of the molecule is C[C@H]1[C@@H]2COC[C@@H]2CC12SCCCS2. The molecule has 3 atom stereocenters. The molecule has 1 saturated carbocycles. The molecule has 0 bridgehead atoms. The summed E-state index contributed by atoms with van der Waals surface area (Å²) in [4.78, 5) is 0. The predicted molar refractivity (Wildman–Crippen MR) is 63.8 cm³/mol. The Morgan fingerprint density at radius 3 is 2.71 bits per heavy atom. The molecule has 3 aliphatic rings. The monoisotopic (exact) mass is 230 g/mol. The standard InChI is InChI=1S/C11H18OS2/c1-8-10-7-12-6-9(10)5-11(8)13-3-2-4-14-11/h8-10H,2-7H2,1H3/t8-,9-,10-/m0/s1. The van der Waals surface area contributed by atoms with Gasteiger partial charge >= 0.3 is 0 Å². The minimum Gasteiger partial charge on any atom is -0.381 e. The molecule has 1 nitrogen and oxygen atoms in total. The fraction of sp³-hybridized carbons (Fsp3) is 1.00. The van der Waals surface area contributed by atoms with E-state index in [1.165, 1.54) is 24.3 Å². The van der Waals surface area contributed by atoms with E-state index in [2.05, 4.69) is 30.4 Å². The average molecular weight is 230 g/mol. The van der Waals surface area contributed by atoms with Crippen molar-refractivity contribution in [2.75, 3.05) is 24.7 Å². The Kier molecular flexibility index (Phi) is 2.53. The van der Waals surface area contributed by atoms with Gasteiger partial charge in [-0.25, -0.2) is 0 Å². The maximum absolute atomic E-state index is 5.60. The van der Waals surface area contributed by atoms with E-state index in [4.69, 9.17) is 4.74 Å². The predicted octanol–water partition coefficient (Wildman–Crippen LogP) is 2.86. The molecule has 2 heterocycles. The molecule has 14 heavy (non-hydrogen) atoms. The molecule has 80 valence electrons. The number of ether oxygens (including phenoxy) is 1. The van der Waals surface area contributed by atoms with Gasteiger partial charge in [-0.1, -0.05) is 6.92 Å². The molecule has 0 unspecified atom stereocenters. The fourth-order valence-corrected chi connectivity index (χ4v) is 7.05. The van der Waals surface area contributed by atoms with Crippen molar-refractivity contribution in [3.05, 3.63) is 0 Å². The quantitative estimate of drug-likeness (QED) is 0.633. The van der Waals surface area contributed by atoms with Gasteiger partial charge in [-0.2, -0.15) is 0 Å². The number of fused-ring (bicyclic) bond motifs is 1. The van der Waals surface area contributed by atoms with Crippen molar-refractivity contribution in [3.63, 3.8) is 0 Å². The van der Waals surface area contributed by atoms with Crippen molar-refractivity contribution in [1.29, 1.82) is 0 Å². The smallest absolute Gasteiger partial charge is 0.0643 e. The summed E-state index contributed by atoms with van der Waals surface area (Å²) in [5.41, 5.74) is 0. The second kappa shape index (κ2) is 3.60. The molecular formula is C11H18OS2. The molecule has 2 aliphatic heterocycles. The van der Waals surface area contributed by atoms with Crippen LogP contribution in [-0.4, -0.2) is 28.8 Å². The molecule has 1 spiro atoms. The Bertz CT molecular complexity index is 225. The lowest BCUT2D eigenvalue weighted by Crippen LogP contribution is -2.30. The molecular weight excluding hydrogens is 212 g/mol. The Hall–Kier alpha value is 0.660. The van der Waals surface area contributed by atoms with Crippen LogP contribution in [0, 0.1) is 17.8 Å². The van der Waals surface area contributed by atoms with Crippen molar-refractivity contribution in [3.8, 4) is 0 Å². The number of hydrogen-bond donors (Lipinski definition) is 0. The lowest BCUT2D eigenvalue weighted by Gasteiger charge is -2.37. The highest BCUT2D eigenvalue weighted by Gasteiger charge is 2.54. The van der Waals surface area contributed by atoms with Crippen molar-refractivity contribution in [2.24, 2.45) is 17.8 Å². The first-order valence-electron chi connectivity index (χ1n) is 5.67. The lowest BCUT2D eigenvalue weighted by atomic mass is 9.94. The molecule has 3 heteroatoms. The van der Waals surface area contributed by atoms with Gasteiger partial charge in [-0.3, -0.25) is 0 Å². The van der Waals surface area contributed by atoms with Crippen LogP contribution in [-0.2, 0) is 4.74 Å². The molecule has 0 aromatic carbocycles. The van der Waals surface area contributed by atoms with Crippen molar-refractivity contribution >= 4 is 23.5 Å². The van der Waals surface area contributed by atoms with E-state index in [0.29, 0.717) is 4.08 Å². The zero-order chi connectivity index (χ0) is 9.60. The van der Waals surface area contributed by atoms with E-state index >= 15 is 0 Å². The number of thioether (sulfide) groups is 2. The van der Waals surface area contributed by atoms with Crippen LogP contribution < -0.4 is 0 Å². The highest BCUT2D eigenvalue weighted by atomic mass is 32.2. The normalized spacial score (nSPS) is 45.6. The van der Waals surface area contributed by atoms with Crippen LogP contribution >= 0.6 is 23.5 Å². The van der Waals surface area contributed by atoms with Crippen molar-refractivity contribution in [1.82, 2.24) is 0 Å². The molecule has 1 aliphatic carbocycles. The van der Waals surface area contributed by atoms with Gasteiger partial charge in [-0.15, -0.1) is 23.5 Å². The Labute approximate surface area is 94.7 Å². The summed E-state index contributed by atoms with van der Waals surface area (Å²) in [6.45, 7) is 4.54. The van der Waals surface area contributed by atoms with E-state index in [1.54, 1.807) is 0 Å². The van der Waals surface area contributed by atoms with Crippen LogP contribution in [0.2, 0.25) is 0 Å². The lowest BCUT2D eigenvalue weighted by molar-refractivity contribution is 0.165. The first-order valence-corrected chi connectivity index (χ1v) is 7.65. The maximum atomic E-state index is 5.60. The van der Waals surface area contributed by atoms with Gasteiger partial charge in [0.25, 0.3) is 0 Å². The molecule has 0 amide bonds. The topological polar surface area (TPSA) is 9.23 Å². The van der Waals surface area contributed by atoms with Crippen molar-refractivity contribution < 1.29 is 4.74 Å². The summed E-state index contributed by atoms with van der Waals surface area (Å²) in [7, 11) is 0. The summed E-state index contributed by atoms with van der Waals surface area (Å²) >= 11 is 4.49. The third-order valence-electron chi connectivity index (χ3n) is 4.11.